The molecule has 0 aromatic heterocycles. The lowest BCUT2D eigenvalue weighted by atomic mass is 10.1. The average Bonchev–Trinajstić information content (AvgIpc) is 3.26. The van der Waals surface area contributed by atoms with Gasteiger partial charge in [-0.05, 0) is 55.5 Å². The summed E-state index contributed by atoms with van der Waals surface area (Å²) in [5.41, 5.74) is 1.37. The Morgan fingerprint density at radius 3 is 2.73 bits per heavy atom. The Bertz CT molecular complexity index is 860. The third-order valence-electron chi connectivity index (χ3n) is 4.99. The fourth-order valence-corrected chi connectivity index (χ4v) is 3.23. The van der Waals surface area contributed by atoms with E-state index in [1.54, 1.807) is 42.5 Å². The van der Waals surface area contributed by atoms with Crippen LogP contribution in [0, 0.1) is 5.92 Å². The predicted octanol–water partition coefficient (Wildman–Crippen LogP) is 4.27. The van der Waals surface area contributed by atoms with Crippen molar-refractivity contribution in [3.05, 3.63) is 59.7 Å². The van der Waals surface area contributed by atoms with Crippen LogP contribution in [0.5, 0.6) is 5.75 Å². The van der Waals surface area contributed by atoms with Crippen LogP contribution in [0.2, 0.25) is 0 Å². The molecule has 0 radical (unpaired) electrons. The normalized spacial score (nSPS) is 15.8. The average molecular weight is 411 g/mol. The molecule has 1 aliphatic heterocycles. The summed E-state index contributed by atoms with van der Waals surface area (Å²) in [6.07, 6.45) is 2.99. The molecule has 3 rings (SSSR count). The van der Waals surface area contributed by atoms with E-state index < -0.39 is 0 Å². The summed E-state index contributed by atoms with van der Waals surface area (Å²) in [7, 11) is 0. The fourth-order valence-electron chi connectivity index (χ4n) is 3.23. The first-order valence-corrected chi connectivity index (χ1v) is 10.6. The van der Waals surface area contributed by atoms with Crippen molar-refractivity contribution in [2.45, 2.75) is 39.2 Å². The van der Waals surface area contributed by atoms with Crippen molar-refractivity contribution in [3.63, 3.8) is 0 Å². The van der Waals surface area contributed by atoms with E-state index in [1.807, 2.05) is 6.07 Å². The number of carbonyl (C=O) groups excluding carboxylic acids is 2. The molecule has 6 nitrogen and oxygen atoms in total. The van der Waals surface area contributed by atoms with Crippen molar-refractivity contribution in [3.8, 4) is 5.75 Å². The first-order chi connectivity index (χ1) is 14.5. The van der Waals surface area contributed by atoms with Crippen LogP contribution in [0.4, 0.5) is 5.69 Å². The van der Waals surface area contributed by atoms with E-state index in [2.05, 4.69) is 24.5 Å². The molecule has 1 atom stereocenters. The number of amides is 2. The number of carbonyl (C=O) groups is 2. The van der Waals surface area contributed by atoms with Gasteiger partial charge in [-0.1, -0.05) is 32.0 Å². The summed E-state index contributed by atoms with van der Waals surface area (Å²) in [5.74, 6) is 0.695. The molecule has 1 heterocycles. The number of hydrogen-bond donors (Lipinski definition) is 2. The molecule has 0 spiro atoms. The largest absolute Gasteiger partial charge is 0.494 e. The number of rotatable bonds is 9. The molecule has 2 aromatic rings. The van der Waals surface area contributed by atoms with Gasteiger partial charge in [0.05, 0.1) is 24.0 Å². The SMILES string of the molecule is CC(C)CCOc1cccc(C(=O)Nc2ccccc2C(=O)NC[C@H]2CCCO2)c1. The number of ether oxygens (including phenoxy) is 2. The van der Waals surface area contributed by atoms with Gasteiger partial charge < -0.3 is 20.1 Å². The van der Waals surface area contributed by atoms with E-state index in [1.165, 1.54) is 0 Å². The monoisotopic (exact) mass is 410 g/mol. The summed E-state index contributed by atoms with van der Waals surface area (Å²) < 4.78 is 11.3. The molecule has 0 bridgehead atoms. The molecule has 2 N–H and O–H groups in total. The van der Waals surface area contributed by atoms with E-state index >= 15 is 0 Å². The molecule has 2 amide bonds. The Morgan fingerprint density at radius 1 is 1.13 bits per heavy atom. The van der Waals surface area contributed by atoms with E-state index in [4.69, 9.17) is 9.47 Å². The van der Waals surface area contributed by atoms with Gasteiger partial charge in [0.15, 0.2) is 0 Å². The van der Waals surface area contributed by atoms with Gasteiger partial charge in [-0.15, -0.1) is 0 Å². The highest BCUT2D eigenvalue weighted by molar-refractivity contribution is 6.09. The molecule has 1 saturated heterocycles. The third-order valence-corrected chi connectivity index (χ3v) is 4.99. The highest BCUT2D eigenvalue weighted by Gasteiger charge is 2.19. The molecular formula is C24H30N2O4. The van der Waals surface area contributed by atoms with Crippen LogP contribution in [0.15, 0.2) is 48.5 Å². The van der Waals surface area contributed by atoms with Gasteiger partial charge in [0.25, 0.3) is 11.8 Å². The topological polar surface area (TPSA) is 76.7 Å². The Labute approximate surface area is 178 Å². The highest BCUT2D eigenvalue weighted by Crippen LogP contribution is 2.19. The molecule has 1 fully saturated rings. The van der Waals surface area contributed by atoms with Crippen molar-refractivity contribution < 1.29 is 19.1 Å². The number of para-hydroxylation sites is 1. The standard InChI is InChI=1S/C24H30N2O4/c1-17(2)12-14-30-19-8-5-7-18(15-19)23(27)26-22-11-4-3-10-21(22)24(28)25-16-20-9-6-13-29-20/h3-5,7-8,10-11,15,17,20H,6,9,12-14,16H2,1-2H3,(H,25,28)(H,26,27)/t20-/m1/s1. The van der Waals surface area contributed by atoms with Gasteiger partial charge in [0.1, 0.15) is 5.75 Å². The zero-order chi connectivity index (χ0) is 21.3. The highest BCUT2D eigenvalue weighted by atomic mass is 16.5. The molecule has 30 heavy (non-hydrogen) atoms. The molecule has 1 aliphatic rings. The number of anilines is 1. The minimum absolute atomic E-state index is 0.0640. The van der Waals surface area contributed by atoms with Crippen molar-refractivity contribution in [1.29, 1.82) is 0 Å². The quantitative estimate of drug-likeness (QED) is 0.647. The summed E-state index contributed by atoms with van der Waals surface area (Å²) in [6, 6.07) is 14.1. The maximum Gasteiger partial charge on any atom is 0.255 e. The van der Waals surface area contributed by atoms with Crippen LogP contribution in [0.25, 0.3) is 0 Å². The lowest BCUT2D eigenvalue weighted by Gasteiger charge is -2.14. The Balaban J connectivity index is 1.63. The third kappa shape index (κ3) is 6.32. The Hall–Kier alpha value is -2.86. The number of hydrogen-bond acceptors (Lipinski definition) is 4. The van der Waals surface area contributed by atoms with Crippen molar-refractivity contribution in [1.82, 2.24) is 5.32 Å². The maximum absolute atomic E-state index is 12.8. The van der Waals surface area contributed by atoms with Gasteiger partial charge in [0, 0.05) is 18.7 Å². The van der Waals surface area contributed by atoms with Gasteiger partial charge in [-0.2, -0.15) is 0 Å². The molecule has 6 heteroatoms. The molecular weight excluding hydrogens is 380 g/mol. The lowest BCUT2D eigenvalue weighted by Crippen LogP contribution is -2.32. The predicted molar refractivity (Wildman–Crippen MR) is 117 cm³/mol. The summed E-state index contributed by atoms with van der Waals surface area (Å²) in [6.45, 7) is 6.10. The molecule has 0 saturated carbocycles. The second kappa shape index (κ2) is 10.8. The maximum atomic E-state index is 12.8. The van der Waals surface area contributed by atoms with E-state index in [0.717, 1.165) is 25.9 Å². The van der Waals surface area contributed by atoms with Crippen molar-refractivity contribution in [2.75, 3.05) is 25.1 Å². The zero-order valence-electron chi connectivity index (χ0n) is 17.6. The van der Waals surface area contributed by atoms with E-state index in [-0.39, 0.29) is 17.9 Å². The van der Waals surface area contributed by atoms with Crippen molar-refractivity contribution in [2.24, 2.45) is 5.92 Å². The zero-order valence-corrected chi connectivity index (χ0v) is 17.6. The first-order valence-electron chi connectivity index (χ1n) is 10.6. The summed E-state index contributed by atoms with van der Waals surface area (Å²) >= 11 is 0. The second-order valence-corrected chi connectivity index (χ2v) is 7.90. The Kier molecular flexibility index (Phi) is 7.85. The van der Waals surface area contributed by atoms with Gasteiger partial charge in [0.2, 0.25) is 0 Å². The van der Waals surface area contributed by atoms with Crippen molar-refractivity contribution >= 4 is 17.5 Å². The number of benzene rings is 2. The minimum atomic E-state index is -0.288. The Morgan fingerprint density at radius 2 is 1.97 bits per heavy atom. The minimum Gasteiger partial charge on any atom is -0.494 e. The summed E-state index contributed by atoms with van der Waals surface area (Å²) in [5, 5.41) is 5.75. The van der Waals surface area contributed by atoms with Crippen LogP contribution in [0.1, 0.15) is 53.8 Å². The second-order valence-electron chi connectivity index (χ2n) is 7.90. The van der Waals surface area contributed by atoms with E-state index in [9.17, 15) is 9.59 Å². The van der Waals surface area contributed by atoms with Crippen LogP contribution >= 0.6 is 0 Å². The van der Waals surface area contributed by atoms with E-state index in [0.29, 0.717) is 41.6 Å². The van der Waals surface area contributed by atoms with Crippen LogP contribution in [0.3, 0.4) is 0 Å². The summed E-state index contributed by atoms with van der Waals surface area (Å²) in [4.78, 5) is 25.4. The van der Waals surface area contributed by atoms with Crippen LogP contribution in [-0.2, 0) is 4.74 Å². The number of nitrogens with one attached hydrogen (secondary N) is 2. The molecule has 0 unspecified atom stereocenters. The van der Waals surface area contributed by atoms with Gasteiger partial charge in [-0.3, -0.25) is 9.59 Å². The van der Waals surface area contributed by atoms with Gasteiger partial charge >= 0.3 is 0 Å². The smallest absolute Gasteiger partial charge is 0.255 e. The molecule has 0 aliphatic carbocycles. The fraction of sp³-hybridized carbons (Fsp3) is 0.417. The molecule has 2 aromatic carbocycles. The lowest BCUT2D eigenvalue weighted by molar-refractivity contribution is 0.0858. The van der Waals surface area contributed by atoms with Crippen LogP contribution < -0.4 is 15.4 Å². The first kappa shape index (κ1) is 21.8. The van der Waals surface area contributed by atoms with Crippen LogP contribution in [-0.4, -0.2) is 37.7 Å². The molecule has 160 valence electrons. The van der Waals surface area contributed by atoms with Gasteiger partial charge in [-0.25, -0.2) is 0 Å².